The lowest BCUT2D eigenvalue weighted by atomic mass is 10.00. The molecular formula is C21H20N4O. The fourth-order valence-corrected chi connectivity index (χ4v) is 3.24. The molecule has 0 aliphatic carbocycles. The Morgan fingerprint density at radius 2 is 1.73 bits per heavy atom. The third-order valence-corrected chi connectivity index (χ3v) is 4.52. The normalized spacial score (nSPS) is 13.2. The Morgan fingerprint density at radius 3 is 2.54 bits per heavy atom. The number of carbonyl (C=O) groups excluding carboxylic acids is 1. The number of para-hydroxylation sites is 1. The van der Waals surface area contributed by atoms with Gasteiger partial charge in [0.15, 0.2) is 0 Å². The Balaban J connectivity index is 1.57. The average molecular weight is 344 g/mol. The Labute approximate surface area is 152 Å². The Morgan fingerprint density at radius 1 is 1.00 bits per heavy atom. The van der Waals surface area contributed by atoms with Crippen LogP contribution in [-0.4, -0.2) is 27.3 Å². The number of aromatic nitrogens is 2. The van der Waals surface area contributed by atoms with E-state index in [2.05, 4.69) is 27.4 Å². The lowest BCUT2D eigenvalue weighted by Crippen LogP contribution is -2.36. The summed E-state index contributed by atoms with van der Waals surface area (Å²) in [5.74, 6) is 1.15. The van der Waals surface area contributed by atoms with Crippen LogP contribution in [-0.2, 0) is 13.0 Å². The third-order valence-electron chi connectivity index (χ3n) is 4.52. The number of hydrogen-bond acceptors (Lipinski definition) is 4. The van der Waals surface area contributed by atoms with Crippen molar-refractivity contribution < 1.29 is 4.79 Å². The van der Waals surface area contributed by atoms with Crippen LogP contribution in [0.15, 0.2) is 60.7 Å². The van der Waals surface area contributed by atoms with E-state index in [0.29, 0.717) is 30.4 Å². The summed E-state index contributed by atoms with van der Waals surface area (Å²) >= 11 is 0. The van der Waals surface area contributed by atoms with Gasteiger partial charge in [0.05, 0.1) is 0 Å². The second kappa shape index (κ2) is 6.96. The number of hydrogen-bond donors (Lipinski definition) is 1. The highest BCUT2D eigenvalue weighted by Gasteiger charge is 2.23. The van der Waals surface area contributed by atoms with E-state index in [9.17, 15) is 4.79 Å². The van der Waals surface area contributed by atoms with Gasteiger partial charge in [-0.05, 0) is 36.6 Å². The first-order chi connectivity index (χ1) is 12.7. The van der Waals surface area contributed by atoms with E-state index < -0.39 is 0 Å². The Kier molecular flexibility index (Phi) is 4.35. The molecule has 0 saturated carbocycles. The van der Waals surface area contributed by atoms with Gasteiger partial charge in [-0.3, -0.25) is 4.79 Å². The topological polar surface area (TPSA) is 58.1 Å². The largest absolute Gasteiger partial charge is 0.340 e. The van der Waals surface area contributed by atoms with Crippen LogP contribution in [0.5, 0.6) is 0 Å². The zero-order valence-electron chi connectivity index (χ0n) is 14.6. The fourth-order valence-electron chi connectivity index (χ4n) is 3.24. The van der Waals surface area contributed by atoms with E-state index in [4.69, 9.17) is 0 Å². The predicted octanol–water partition coefficient (Wildman–Crippen LogP) is 3.73. The number of nitrogens with one attached hydrogen (secondary N) is 1. The number of fused-ring (bicyclic) bond motifs is 1. The van der Waals surface area contributed by atoms with Crippen molar-refractivity contribution in [3.05, 3.63) is 83.3 Å². The van der Waals surface area contributed by atoms with Gasteiger partial charge in [0.2, 0.25) is 0 Å². The maximum atomic E-state index is 13.0. The van der Waals surface area contributed by atoms with Crippen LogP contribution in [0.4, 0.5) is 11.5 Å². The van der Waals surface area contributed by atoms with Crippen LogP contribution in [0.2, 0.25) is 0 Å². The molecule has 2 aromatic carbocycles. The lowest BCUT2D eigenvalue weighted by molar-refractivity contribution is 0.0728. The smallest absolute Gasteiger partial charge is 0.272 e. The van der Waals surface area contributed by atoms with E-state index in [1.807, 2.05) is 47.4 Å². The second-order valence-corrected chi connectivity index (χ2v) is 6.42. The van der Waals surface area contributed by atoms with Gasteiger partial charge in [0.25, 0.3) is 5.91 Å². The molecule has 130 valence electrons. The zero-order chi connectivity index (χ0) is 17.9. The average Bonchev–Trinajstić information content (AvgIpc) is 2.67. The van der Waals surface area contributed by atoms with Gasteiger partial charge in [-0.1, -0.05) is 42.5 Å². The summed E-state index contributed by atoms with van der Waals surface area (Å²) < 4.78 is 0. The van der Waals surface area contributed by atoms with E-state index in [0.717, 1.165) is 12.1 Å². The van der Waals surface area contributed by atoms with Crippen molar-refractivity contribution in [1.29, 1.82) is 0 Å². The van der Waals surface area contributed by atoms with Crippen molar-refractivity contribution in [2.45, 2.75) is 19.9 Å². The summed E-state index contributed by atoms with van der Waals surface area (Å²) in [6.07, 6.45) is 0.876. The van der Waals surface area contributed by atoms with Crippen LogP contribution in [0.25, 0.3) is 0 Å². The molecule has 1 aliphatic heterocycles. The van der Waals surface area contributed by atoms with Crippen molar-refractivity contribution in [3.63, 3.8) is 0 Å². The summed E-state index contributed by atoms with van der Waals surface area (Å²) in [6.45, 7) is 3.14. The van der Waals surface area contributed by atoms with Crippen LogP contribution in [0.1, 0.15) is 27.4 Å². The van der Waals surface area contributed by atoms with Gasteiger partial charge < -0.3 is 10.2 Å². The van der Waals surface area contributed by atoms with E-state index >= 15 is 0 Å². The number of rotatable bonds is 3. The fraction of sp³-hybridized carbons (Fsp3) is 0.190. The molecule has 0 fully saturated rings. The summed E-state index contributed by atoms with van der Waals surface area (Å²) in [5.41, 5.74) is 3.88. The summed E-state index contributed by atoms with van der Waals surface area (Å²) in [4.78, 5) is 23.6. The molecule has 0 saturated heterocycles. The monoisotopic (exact) mass is 344 g/mol. The van der Waals surface area contributed by atoms with Gasteiger partial charge in [-0.25, -0.2) is 9.97 Å². The van der Waals surface area contributed by atoms with Crippen molar-refractivity contribution >= 4 is 17.4 Å². The van der Waals surface area contributed by atoms with Gasteiger partial charge in [-0.2, -0.15) is 0 Å². The molecule has 0 bridgehead atoms. The molecular weight excluding hydrogens is 324 g/mol. The standard InChI is InChI=1S/C21H20N4O/c1-15-22-19(13-20(23-15)24-18-9-3-2-4-10-18)21(26)25-12-11-16-7-5-6-8-17(16)14-25/h2-10,13H,11-12,14H2,1H3,(H,22,23,24). The summed E-state index contributed by atoms with van der Waals surface area (Å²) in [5, 5.41) is 3.24. The third kappa shape index (κ3) is 3.42. The number of anilines is 2. The van der Waals surface area contributed by atoms with Gasteiger partial charge in [-0.15, -0.1) is 0 Å². The van der Waals surface area contributed by atoms with Crippen LogP contribution >= 0.6 is 0 Å². The molecule has 4 rings (SSSR count). The molecule has 0 radical (unpaired) electrons. The summed E-state index contributed by atoms with van der Waals surface area (Å²) in [7, 11) is 0. The number of amides is 1. The van der Waals surface area contributed by atoms with E-state index in [1.165, 1.54) is 11.1 Å². The second-order valence-electron chi connectivity index (χ2n) is 6.42. The quantitative estimate of drug-likeness (QED) is 0.786. The molecule has 2 heterocycles. The maximum absolute atomic E-state index is 13.0. The molecule has 26 heavy (non-hydrogen) atoms. The van der Waals surface area contributed by atoms with Crippen molar-refractivity contribution in [1.82, 2.24) is 14.9 Å². The van der Waals surface area contributed by atoms with Crippen LogP contribution in [0, 0.1) is 6.92 Å². The Hall–Kier alpha value is -3.21. The SMILES string of the molecule is Cc1nc(Nc2ccccc2)cc(C(=O)N2CCc3ccccc3C2)n1. The zero-order valence-corrected chi connectivity index (χ0v) is 14.6. The molecule has 0 unspecified atom stereocenters. The minimum atomic E-state index is -0.0545. The molecule has 3 aromatic rings. The molecule has 1 amide bonds. The van der Waals surface area contributed by atoms with Gasteiger partial charge >= 0.3 is 0 Å². The van der Waals surface area contributed by atoms with Gasteiger partial charge in [0, 0.05) is 24.8 Å². The maximum Gasteiger partial charge on any atom is 0.272 e. The van der Waals surface area contributed by atoms with Crippen LogP contribution in [0.3, 0.4) is 0 Å². The predicted molar refractivity (Wildman–Crippen MR) is 101 cm³/mol. The Bertz CT molecular complexity index is 940. The van der Waals surface area contributed by atoms with Gasteiger partial charge in [0.1, 0.15) is 17.3 Å². The molecule has 1 aliphatic rings. The number of aryl methyl sites for hydroxylation is 1. The number of benzene rings is 2. The highest BCUT2D eigenvalue weighted by Crippen LogP contribution is 2.21. The minimum Gasteiger partial charge on any atom is -0.340 e. The number of carbonyl (C=O) groups is 1. The molecule has 0 atom stereocenters. The van der Waals surface area contributed by atoms with Crippen LogP contribution < -0.4 is 5.32 Å². The molecule has 1 aromatic heterocycles. The highest BCUT2D eigenvalue weighted by molar-refractivity contribution is 5.93. The minimum absolute atomic E-state index is 0.0545. The van der Waals surface area contributed by atoms with E-state index in [1.54, 1.807) is 13.0 Å². The molecule has 0 spiro atoms. The molecule has 1 N–H and O–H groups in total. The summed E-state index contributed by atoms with van der Waals surface area (Å²) in [6, 6.07) is 19.8. The van der Waals surface area contributed by atoms with Crippen molar-refractivity contribution in [3.8, 4) is 0 Å². The lowest BCUT2D eigenvalue weighted by Gasteiger charge is -2.28. The molecule has 5 heteroatoms. The first-order valence-electron chi connectivity index (χ1n) is 8.73. The van der Waals surface area contributed by atoms with Crippen molar-refractivity contribution in [2.75, 3.05) is 11.9 Å². The van der Waals surface area contributed by atoms with Crippen molar-refractivity contribution in [2.24, 2.45) is 0 Å². The highest BCUT2D eigenvalue weighted by atomic mass is 16.2. The van der Waals surface area contributed by atoms with E-state index in [-0.39, 0.29) is 5.91 Å². The first kappa shape index (κ1) is 16.3. The molecule has 5 nitrogen and oxygen atoms in total. The first-order valence-corrected chi connectivity index (χ1v) is 8.73. The number of nitrogens with zero attached hydrogens (tertiary/aromatic N) is 3.